The topological polar surface area (TPSA) is 41.6 Å². The molecule has 0 aliphatic carbocycles. The SMILES string of the molecule is COC(=O)c1cc(C)sc1NC(=S)N1c2ccccc2C[C@H]1C. The molecular weight excluding hydrogens is 328 g/mol. The minimum atomic E-state index is -0.352. The first-order valence-corrected chi connectivity index (χ1v) is 8.60. The number of hydrogen-bond acceptors (Lipinski definition) is 4. The van der Waals surface area contributed by atoms with Crippen LogP contribution in [-0.2, 0) is 11.2 Å². The molecule has 0 saturated carbocycles. The van der Waals surface area contributed by atoms with Gasteiger partial charge in [0.25, 0.3) is 0 Å². The van der Waals surface area contributed by atoms with E-state index in [4.69, 9.17) is 17.0 Å². The third kappa shape index (κ3) is 2.96. The van der Waals surface area contributed by atoms with Gasteiger partial charge in [0.1, 0.15) is 5.00 Å². The van der Waals surface area contributed by atoms with Crippen molar-refractivity contribution >= 4 is 45.3 Å². The highest BCUT2D eigenvalue weighted by molar-refractivity contribution is 7.80. The molecule has 2 aromatic rings. The normalized spacial score (nSPS) is 16.1. The van der Waals surface area contributed by atoms with E-state index in [0.717, 1.165) is 22.0 Å². The molecule has 1 aromatic heterocycles. The van der Waals surface area contributed by atoms with Gasteiger partial charge >= 0.3 is 5.97 Å². The van der Waals surface area contributed by atoms with Gasteiger partial charge in [0.15, 0.2) is 5.11 Å². The minimum absolute atomic E-state index is 0.287. The number of nitrogens with zero attached hydrogens (tertiary/aromatic N) is 1. The Morgan fingerprint density at radius 1 is 1.43 bits per heavy atom. The van der Waals surface area contributed by atoms with E-state index in [2.05, 4.69) is 29.3 Å². The molecule has 0 unspecified atom stereocenters. The zero-order valence-electron chi connectivity index (χ0n) is 13.3. The molecule has 3 rings (SSSR count). The molecule has 0 radical (unpaired) electrons. The second-order valence-electron chi connectivity index (χ2n) is 5.57. The number of nitrogens with one attached hydrogen (secondary N) is 1. The number of carbonyl (C=O) groups is 1. The van der Waals surface area contributed by atoms with Crippen molar-refractivity contribution in [1.29, 1.82) is 0 Å². The van der Waals surface area contributed by atoms with Crippen LogP contribution in [0.5, 0.6) is 0 Å². The van der Waals surface area contributed by atoms with Crippen LogP contribution in [0.2, 0.25) is 0 Å². The molecule has 0 spiro atoms. The van der Waals surface area contributed by atoms with Gasteiger partial charge in [-0.25, -0.2) is 4.79 Å². The van der Waals surface area contributed by atoms with Gasteiger partial charge in [-0.15, -0.1) is 11.3 Å². The van der Waals surface area contributed by atoms with Crippen LogP contribution in [0.3, 0.4) is 0 Å². The number of esters is 1. The number of carbonyl (C=O) groups excluding carboxylic acids is 1. The Morgan fingerprint density at radius 3 is 2.91 bits per heavy atom. The van der Waals surface area contributed by atoms with Gasteiger partial charge in [0, 0.05) is 16.6 Å². The summed E-state index contributed by atoms with van der Waals surface area (Å²) in [5.74, 6) is -0.352. The lowest BCUT2D eigenvalue weighted by Crippen LogP contribution is -2.38. The molecule has 120 valence electrons. The average Bonchev–Trinajstić information content (AvgIpc) is 3.05. The number of ether oxygens (including phenoxy) is 1. The number of anilines is 2. The maximum atomic E-state index is 11.9. The van der Waals surface area contributed by atoms with Crippen molar-refractivity contribution < 1.29 is 9.53 Å². The summed E-state index contributed by atoms with van der Waals surface area (Å²) in [4.78, 5) is 15.0. The van der Waals surface area contributed by atoms with E-state index in [1.807, 2.05) is 25.1 Å². The zero-order chi connectivity index (χ0) is 16.6. The van der Waals surface area contributed by atoms with E-state index < -0.39 is 0 Å². The third-order valence-electron chi connectivity index (χ3n) is 3.91. The summed E-state index contributed by atoms with van der Waals surface area (Å²) in [7, 11) is 1.39. The Labute approximate surface area is 145 Å². The summed E-state index contributed by atoms with van der Waals surface area (Å²) in [5, 5.41) is 4.57. The number of para-hydroxylation sites is 1. The quantitative estimate of drug-likeness (QED) is 0.658. The van der Waals surface area contributed by atoms with E-state index in [-0.39, 0.29) is 12.0 Å². The monoisotopic (exact) mass is 346 g/mol. The molecule has 2 heterocycles. The van der Waals surface area contributed by atoms with Crippen LogP contribution < -0.4 is 10.2 Å². The Kier molecular flexibility index (Phi) is 4.37. The smallest absolute Gasteiger partial charge is 0.340 e. The zero-order valence-corrected chi connectivity index (χ0v) is 14.9. The fourth-order valence-corrected chi connectivity index (χ4v) is 4.24. The van der Waals surface area contributed by atoms with Crippen LogP contribution in [0.4, 0.5) is 10.7 Å². The van der Waals surface area contributed by atoms with Crippen LogP contribution in [0.15, 0.2) is 30.3 Å². The minimum Gasteiger partial charge on any atom is -0.465 e. The summed E-state index contributed by atoms with van der Waals surface area (Å²) in [6, 6.07) is 10.4. The first-order valence-electron chi connectivity index (χ1n) is 7.38. The maximum Gasteiger partial charge on any atom is 0.340 e. The van der Waals surface area contributed by atoms with Crippen molar-refractivity contribution in [2.75, 3.05) is 17.3 Å². The van der Waals surface area contributed by atoms with Gasteiger partial charge in [0.05, 0.1) is 12.7 Å². The van der Waals surface area contributed by atoms with Crippen LogP contribution in [0, 0.1) is 6.92 Å². The van der Waals surface area contributed by atoms with Crippen molar-refractivity contribution in [2.45, 2.75) is 26.3 Å². The van der Waals surface area contributed by atoms with E-state index in [0.29, 0.717) is 10.7 Å². The maximum absolute atomic E-state index is 11.9. The summed E-state index contributed by atoms with van der Waals surface area (Å²) in [6.07, 6.45) is 0.964. The molecule has 1 atom stereocenters. The second kappa shape index (κ2) is 6.29. The molecule has 6 heteroatoms. The summed E-state index contributed by atoms with van der Waals surface area (Å²) in [6.45, 7) is 4.11. The standard InChI is InChI=1S/C17H18N2O2S2/c1-10-8-12-6-4-5-7-14(12)19(10)17(22)18-15-13(16(20)21-3)9-11(2)23-15/h4-7,9-10H,8H2,1-3H3,(H,18,22)/t10-/m1/s1. The van der Waals surface area contributed by atoms with E-state index in [1.54, 1.807) is 0 Å². The van der Waals surface area contributed by atoms with Crippen molar-refractivity contribution in [3.8, 4) is 0 Å². The third-order valence-corrected chi connectivity index (χ3v) is 5.17. The molecular formula is C17H18N2O2S2. The summed E-state index contributed by atoms with van der Waals surface area (Å²) in [5.41, 5.74) is 2.95. The average molecular weight is 346 g/mol. The predicted octanol–water partition coefficient (Wildman–Crippen LogP) is 3.99. The van der Waals surface area contributed by atoms with E-state index in [9.17, 15) is 4.79 Å². The van der Waals surface area contributed by atoms with Crippen LogP contribution >= 0.6 is 23.6 Å². The molecule has 0 bridgehead atoms. The van der Waals surface area contributed by atoms with Crippen LogP contribution in [0.25, 0.3) is 0 Å². The fraction of sp³-hybridized carbons (Fsp3) is 0.294. The largest absolute Gasteiger partial charge is 0.465 e. The van der Waals surface area contributed by atoms with Crippen molar-refractivity contribution in [1.82, 2.24) is 0 Å². The summed E-state index contributed by atoms with van der Waals surface area (Å²) < 4.78 is 4.85. The van der Waals surface area contributed by atoms with Crippen LogP contribution in [-0.4, -0.2) is 24.2 Å². The van der Waals surface area contributed by atoms with Crippen molar-refractivity contribution in [2.24, 2.45) is 0 Å². The van der Waals surface area contributed by atoms with Crippen LogP contribution in [0.1, 0.15) is 27.7 Å². The highest BCUT2D eigenvalue weighted by atomic mass is 32.1. The second-order valence-corrected chi connectivity index (χ2v) is 7.22. The number of aryl methyl sites for hydroxylation is 1. The lowest BCUT2D eigenvalue weighted by atomic mass is 10.1. The molecule has 1 aromatic carbocycles. The highest BCUT2D eigenvalue weighted by Gasteiger charge is 2.29. The molecule has 1 N–H and O–H groups in total. The van der Waals surface area contributed by atoms with Gasteiger partial charge < -0.3 is 15.0 Å². The molecule has 0 fully saturated rings. The highest BCUT2D eigenvalue weighted by Crippen LogP contribution is 2.34. The molecule has 23 heavy (non-hydrogen) atoms. The Balaban J connectivity index is 1.87. The van der Waals surface area contributed by atoms with E-state index >= 15 is 0 Å². The number of thiophene rings is 1. The number of fused-ring (bicyclic) bond motifs is 1. The van der Waals surface area contributed by atoms with Crippen molar-refractivity contribution in [3.63, 3.8) is 0 Å². The van der Waals surface area contributed by atoms with Gasteiger partial charge in [-0.1, -0.05) is 18.2 Å². The van der Waals surface area contributed by atoms with Gasteiger partial charge in [-0.05, 0) is 50.2 Å². The number of methoxy groups -OCH3 is 1. The molecule has 4 nitrogen and oxygen atoms in total. The Morgan fingerprint density at radius 2 is 2.17 bits per heavy atom. The van der Waals surface area contributed by atoms with E-state index in [1.165, 1.54) is 24.0 Å². The Hall–Kier alpha value is -1.92. The number of benzene rings is 1. The lowest BCUT2D eigenvalue weighted by molar-refractivity contribution is 0.0602. The molecule has 1 aliphatic rings. The van der Waals surface area contributed by atoms with Gasteiger partial charge in [0.2, 0.25) is 0 Å². The molecule has 0 amide bonds. The van der Waals surface area contributed by atoms with Gasteiger partial charge in [-0.3, -0.25) is 0 Å². The Bertz CT molecular complexity index is 770. The molecule has 1 aliphatic heterocycles. The fourth-order valence-electron chi connectivity index (χ4n) is 2.90. The number of rotatable bonds is 2. The first kappa shape index (κ1) is 16.0. The van der Waals surface area contributed by atoms with Gasteiger partial charge in [-0.2, -0.15) is 0 Å². The van der Waals surface area contributed by atoms with Crippen molar-refractivity contribution in [3.05, 3.63) is 46.3 Å². The summed E-state index contributed by atoms with van der Waals surface area (Å²) >= 11 is 7.11. The number of thiocarbonyl (C=S) groups is 1. The lowest BCUT2D eigenvalue weighted by Gasteiger charge is -2.25. The number of hydrogen-bond donors (Lipinski definition) is 1. The first-order chi connectivity index (χ1) is 11.0. The molecule has 0 saturated heterocycles. The predicted molar refractivity (Wildman–Crippen MR) is 98.7 cm³/mol.